The molecule has 1 saturated heterocycles. The van der Waals surface area contributed by atoms with Crippen LogP contribution in [0.2, 0.25) is 10.0 Å². The molecule has 0 spiro atoms. The maximum atomic E-state index is 15.5. The first-order valence-corrected chi connectivity index (χ1v) is 13.3. The average Bonchev–Trinajstić information content (AvgIpc) is 3.06. The van der Waals surface area contributed by atoms with Crippen LogP contribution >= 0.6 is 23.2 Å². The molecule has 10 heteroatoms. The molecule has 1 aliphatic rings. The van der Waals surface area contributed by atoms with Crippen LogP contribution in [0, 0.1) is 17.0 Å². The SMILES string of the molecule is CC(C)(C)C[C@@H]1N[C@@H](C(=O)NCC[C@H](O)C(C)(C)O)[C@H](c2cccc(Cl)c2F)[C@@]1(N)c1ccc(Cl)cc1F. The first-order valence-electron chi connectivity index (χ1n) is 12.6. The van der Waals surface area contributed by atoms with Gasteiger partial charge in [0.2, 0.25) is 5.91 Å². The van der Waals surface area contributed by atoms with Gasteiger partial charge in [-0.3, -0.25) is 4.79 Å². The summed E-state index contributed by atoms with van der Waals surface area (Å²) in [4.78, 5) is 13.6. The number of carbonyl (C=O) groups is 1. The molecule has 2 aromatic rings. The lowest BCUT2D eigenvalue weighted by atomic mass is 9.68. The molecular formula is C28H37Cl2F2N3O3. The van der Waals surface area contributed by atoms with E-state index in [0.717, 1.165) is 6.07 Å². The van der Waals surface area contributed by atoms with Crippen molar-refractivity contribution in [2.45, 2.75) is 82.7 Å². The van der Waals surface area contributed by atoms with Gasteiger partial charge in [-0.15, -0.1) is 0 Å². The highest BCUT2D eigenvalue weighted by Gasteiger charge is 2.58. The number of halogens is 4. The van der Waals surface area contributed by atoms with Gasteiger partial charge in [0.25, 0.3) is 0 Å². The minimum Gasteiger partial charge on any atom is -0.390 e. The predicted molar refractivity (Wildman–Crippen MR) is 146 cm³/mol. The van der Waals surface area contributed by atoms with Gasteiger partial charge in [0.15, 0.2) is 0 Å². The highest BCUT2D eigenvalue weighted by molar-refractivity contribution is 6.31. The van der Waals surface area contributed by atoms with Crippen molar-refractivity contribution in [3.8, 4) is 0 Å². The van der Waals surface area contributed by atoms with E-state index in [1.807, 2.05) is 20.8 Å². The van der Waals surface area contributed by atoms with E-state index in [9.17, 15) is 15.0 Å². The van der Waals surface area contributed by atoms with E-state index in [1.54, 1.807) is 6.07 Å². The van der Waals surface area contributed by atoms with Crippen LogP contribution < -0.4 is 16.4 Å². The van der Waals surface area contributed by atoms with Gasteiger partial charge in [-0.2, -0.15) is 0 Å². The minimum atomic E-state index is -1.57. The molecule has 38 heavy (non-hydrogen) atoms. The maximum absolute atomic E-state index is 15.5. The van der Waals surface area contributed by atoms with E-state index in [2.05, 4.69) is 10.6 Å². The van der Waals surface area contributed by atoms with Crippen LogP contribution in [-0.2, 0) is 10.3 Å². The Labute approximate surface area is 232 Å². The van der Waals surface area contributed by atoms with Crippen LogP contribution in [0.25, 0.3) is 0 Å². The first-order chi connectivity index (χ1) is 17.5. The topological polar surface area (TPSA) is 108 Å². The van der Waals surface area contributed by atoms with E-state index in [0.29, 0.717) is 6.42 Å². The summed E-state index contributed by atoms with van der Waals surface area (Å²) in [5, 5.41) is 26.2. The molecule has 1 amide bonds. The van der Waals surface area contributed by atoms with Crippen molar-refractivity contribution in [3.63, 3.8) is 0 Å². The highest BCUT2D eigenvalue weighted by atomic mass is 35.5. The lowest BCUT2D eigenvalue weighted by Gasteiger charge is -2.40. The fraction of sp³-hybridized carbons (Fsp3) is 0.536. The summed E-state index contributed by atoms with van der Waals surface area (Å²) in [6, 6.07) is 6.89. The van der Waals surface area contributed by atoms with Crippen LogP contribution in [0.15, 0.2) is 36.4 Å². The monoisotopic (exact) mass is 571 g/mol. The van der Waals surface area contributed by atoms with Gasteiger partial charge < -0.3 is 26.6 Å². The van der Waals surface area contributed by atoms with Crippen molar-refractivity contribution in [3.05, 3.63) is 69.2 Å². The third-order valence-electron chi connectivity index (χ3n) is 7.15. The molecule has 6 nitrogen and oxygen atoms in total. The fourth-order valence-electron chi connectivity index (χ4n) is 5.20. The Bertz CT molecular complexity index is 1170. The molecule has 5 atom stereocenters. The molecule has 0 unspecified atom stereocenters. The third kappa shape index (κ3) is 6.49. The third-order valence-corrected chi connectivity index (χ3v) is 7.68. The molecule has 1 aliphatic heterocycles. The van der Waals surface area contributed by atoms with E-state index in [4.69, 9.17) is 28.9 Å². The number of aliphatic hydroxyl groups excluding tert-OH is 1. The number of aliphatic hydroxyl groups is 2. The van der Waals surface area contributed by atoms with Crippen molar-refractivity contribution < 1.29 is 23.8 Å². The Hall–Kier alpha value is -1.81. The van der Waals surface area contributed by atoms with Gasteiger partial charge >= 0.3 is 0 Å². The van der Waals surface area contributed by atoms with Gasteiger partial charge in [-0.1, -0.05) is 62.2 Å². The molecule has 210 valence electrons. The average molecular weight is 573 g/mol. The number of hydrogen-bond acceptors (Lipinski definition) is 5. The Morgan fingerprint density at radius 2 is 1.84 bits per heavy atom. The van der Waals surface area contributed by atoms with E-state index in [1.165, 1.54) is 38.1 Å². The van der Waals surface area contributed by atoms with Crippen molar-refractivity contribution >= 4 is 29.1 Å². The summed E-state index contributed by atoms with van der Waals surface area (Å²) in [6.45, 7) is 8.96. The summed E-state index contributed by atoms with van der Waals surface area (Å²) in [5.41, 5.74) is 4.11. The first kappa shape index (κ1) is 30.7. The van der Waals surface area contributed by atoms with E-state index >= 15 is 8.78 Å². The molecule has 0 bridgehead atoms. The Morgan fingerprint density at radius 1 is 1.18 bits per heavy atom. The summed E-state index contributed by atoms with van der Waals surface area (Å²) < 4.78 is 31.0. The van der Waals surface area contributed by atoms with Crippen molar-refractivity contribution in [2.75, 3.05) is 6.54 Å². The largest absolute Gasteiger partial charge is 0.390 e. The zero-order chi connectivity index (χ0) is 28.6. The number of carbonyl (C=O) groups excluding carboxylic acids is 1. The molecule has 1 heterocycles. The van der Waals surface area contributed by atoms with Gasteiger partial charge in [-0.25, -0.2) is 8.78 Å². The standard InChI is InChI=1S/C28H37Cl2F2N3O3/c1-26(2,3)14-20-28(33,17-10-9-15(29)13-19(17)31)22(16-7-6-8-18(30)23(16)32)24(35-20)25(37)34-12-11-21(36)27(4,5)38/h6-10,13,20-22,24,35-36,38H,11-12,14,33H2,1-5H3,(H,34,37)/t20-,21-,22-,24+,28+/m0/s1. The second kappa shape index (κ2) is 11.4. The molecule has 3 rings (SSSR count). The van der Waals surface area contributed by atoms with Crippen LogP contribution in [0.3, 0.4) is 0 Å². The lowest BCUT2D eigenvalue weighted by Crippen LogP contribution is -2.52. The van der Waals surface area contributed by atoms with Crippen LogP contribution in [-0.4, -0.2) is 46.5 Å². The van der Waals surface area contributed by atoms with Crippen LogP contribution in [0.5, 0.6) is 0 Å². The number of amides is 1. The Kier molecular flexibility index (Phi) is 9.18. The Balaban J connectivity index is 2.13. The Morgan fingerprint density at radius 3 is 2.42 bits per heavy atom. The van der Waals surface area contributed by atoms with E-state index in [-0.39, 0.29) is 39.6 Å². The summed E-state index contributed by atoms with van der Waals surface area (Å²) in [6.07, 6.45) is -0.555. The number of benzene rings is 2. The molecule has 2 aromatic carbocycles. The maximum Gasteiger partial charge on any atom is 0.237 e. The molecule has 0 saturated carbocycles. The van der Waals surface area contributed by atoms with Crippen molar-refractivity contribution in [2.24, 2.45) is 11.1 Å². The number of hydrogen-bond donors (Lipinski definition) is 5. The normalized spacial score (nSPS) is 24.9. The second-order valence-electron chi connectivity index (χ2n) is 11.9. The number of nitrogens with two attached hydrogens (primary N) is 1. The van der Waals surface area contributed by atoms with Gasteiger partial charge in [0, 0.05) is 29.1 Å². The number of nitrogens with one attached hydrogen (secondary N) is 2. The molecule has 6 N–H and O–H groups in total. The summed E-state index contributed by atoms with van der Waals surface area (Å²) >= 11 is 12.2. The molecule has 0 aliphatic carbocycles. The van der Waals surface area contributed by atoms with Gasteiger partial charge in [-0.05, 0) is 55.9 Å². The molecule has 0 radical (unpaired) electrons. The van der Waals surface area contributed by atoms with Crippen LogP contribution in [0.1, 0.15) is 64.5 Å². The fourth-order valence-corrected chi connectivity index (χ4v) is 5.54. The quantitative estimate of drug-likeness (QED) is 0.317. The van der Waals surface area contributed by atoms with E-state index < -0.39 is 52.8 Å². The second-order valence-corrected chi connectivity index (χ2v) is 12.7. The molecule has 0 aromatic heterocycles. The highest BCUT2D eigenvalue weighted by Crippen LogP contribution is 2.49. The predicted octanol–water partition coefficient (Wildman–Crippen LogP) is 4.62. The number of rotatable bonds is 8. The molecule has 1 fully saturated rings. The minimum absolute atomic E-state index is 0.0454. The smallest absolute Gasteiger partial charge is 0.237 e. The zero-order valence-corrected chi connectivity index (χ0v) is 23.8. The van der Waals surface area contributed by atoms with Crippen LogP contribution in [0.4, 0.5) is 8.78 Å². The van der Waals surface area contributed by atoms with Crippen molar-refractivity contribution in [1.29, 1.82) is 0 Å². The summed E-state index contributed by atoms with van der Waals surface area (Å²) in [5.74, 6) is -2.96. The lowest BCUT2D eigenvalue weighted by molar-refractivity contribution is -0.123. The summed E-state index contributed by atoms with van der Waals surface area (Å²) in [7, 11) is 0. The molecular weight excluding hydrogens is 535 g/mol. The van der Waals surface area contributed by atoms with Gasteiger partial charge in [0.1, 0.15) is 11.6 Å². The van der Waals surface area contributed by atoms with Gasteiger partial charge in [0.05, 0.1) is 28.3 Å². The zero-order valence-electron chi connectivity index (χ0n) is 22.3. The van der Waals surface area contributed by atoms with Crippen molar-refractivity contribution in [1.82, 2.24) is 10.6 Å².